The first-order valence-electron chi connectivity index (χ1n) is 4.13. The van der Waals surface area contributed by atoms with Crippen molar-refractivity contribution in [3.05, 3.63) is 12.2 Å². The molecule has 1 amide bonds. The first-order valence-corrected chi connectivity index (χ1v) is 4.13. The van der Waals surface area contributed by atoms with Crippen LogP contribution in [-0.4, -0.2) is 24.9 Å². The Bertz CT molecular complexity index is 185. The van der Waals surface area contributed by atoms with Gasteiger partial charge in [-0.1, -0.05) is 12.2 Å². The van der Waals surface area contributed by atoms with E-state index in [1.807, 2.05) is 0 Å². The van der Waals surface area contributed by atoms with Gasteiger partial charge in [-0.2, -0.15) is 0 Å². The van der Waals surface area contributed by atoms with E-state index in [9.17, 15) is 9.18 Å². The summed E-state index contributed by atoms with van der Waals surface area (Å²) in [4.78, 5) is 11.0. The fourth-order valence-electron chi connectivity index (χ4n) is 0.603. The van der Waals surface area contributed by atoms with E-state index in [-0.39, 0.29) is 0 Å². The van der Waals surface area contributed by atoms with Gasteiger partial charge in [-0.15, -0.1) is 0 Å². The minimum absolute atomic E-state index is 0.291. The minimum atomic E-state index is -0.518. The van der Waals surface area contributed by atoms with Crippen molar-refractivity contribution in [1.82, 2.24) is 5.32 Å². The van der Waals surface area contributed by atoms with Crippen LogP contribution in [0.5, 0.6) is 0 Å². The normalized spacial score (nSPS) is 11.7. The molecule has 0 aromatic carbocycles. The SMILES string of the molecule is CC(C)(C)OC(=O)NCC=CCF. The molecule has 1 N–H and O–H groups in total. The molecule has 0 fully saturated rings. The fraction of sp³-hybridized carbons (Fsp3) is 0.667. The van der Waals surface area contributed by atoms with Crippen LogP contribution in [0.3, 0.4) is 0 Å². The number of amides is 1. The van der Waals surface area contributed by atoms with Gasteiger partial charge in [-0.05, 0) is 20.8 Å². The third-order valence-electron chi connectivity index (χ3n) is 1.02. The molecule has 0 aromatic heterocycles. The van der Waals surface area contributed by atoms with Crippen molar-refractivity contribution in [2.45, 2.75) is 26.4 Å². The molecule has 0 saturated heterocycles. The van der Waals surface area contributed by atoms with Gasteiger partial charge in [-0.25, -0.2) is 9.18 Å². The molecule has 0 atom stereocenters. The Morgan fingerprint density at radius 2 is 2.08 bits per heavy atom. The number of hydrogen-bond acceptors (Lipinski definition) is 2. The third kappa shape index (κ3) is 8.85. The molecule has 0 spiro atoms. The number of halogens is 1. The van der Waals surface area contributed by atoms with Gasteiger partial charge in [0.15, 0.2) is 0 Å². The number of ether oxygens (including phenoxy) is 1. The lowest BCUT2D eigenvalue weighted by atomic mass is 10.2. The van der Waals surface area contributed by atoms with E-state index in [4.69, 9.17) is 4.74 Å². The number of rotatable bonds is 3. The molecule has 0 aliphatic heterocycles. The van der Waals surface area contributed by atoms with E-state index in [1.165, 1.54) is 12.2 Å². The Kier molecular flexibility index (Phi) is 5.11. The number of nitrogens with one attached hydrogen (secondary N) is 1. The Labute approximate surface area is 78.0 Å². The van der Waals surface area contributed by atoms with Crippen LogP contribution in [0.4, 0.5) is 9.18 Å². The third-order valence-corrected chi connectivity index (χ3v) is 1.02. The Balaban J connectivity index is 3.58. The highest BCUT2D eigenvalue weighted by Crippen LogP contribution is 2.05. The molecule has 13 heavy (non-hydrogen) atoms. The molecular formula is C9H16FNO2. The Morgan fingerprint density at radius 3 is 2.54 bits per heavy atom. The van der Waals surface area contributed by atoms with Crippen molar-refractivity contribution in [2.75, 3.05) is 13.2 Å². The topological polar surface area (TPSA) is 38.3 Å². The molecule has 0 unspecified atom stereocenters. The summed E-state index contributed by atoms with van der Waals surface area (Å²) in [5.41, 5.74) is -0.492. The van der Waals surface area contributed by atoms with E-state index < -0.39 is 18.4 Å². The van der Waals surface area contributed by atoms with Crippen LogP contribution < -0.4 is 5.32 Å². The number of carbonyl (C=O) groups is 1. The quantitative estimate of drug-likeness (QED) is 0.690. The molecular weight excluding hydrogens is 173 g/mol. The summed E-state index contributed by atoms with van der Waals surface area (Å²) in [5.74, 6) is 0. The van der Waals surface area contributed by atoms with Crippen molar-refractivity contribution >= 4 is 6.09 Å². The van der Waals surface area contributed by atoms with E-state index in [1.54, 1.807) is 20.8 Å². The van der Waals surface area contributed by atoms with Gasteiger partial charge >= 0.3 is 6.09 Å². The van der Waals surface area contributed by atoms with Crippen molar-refractivity contribution in [3.8, 4) is 0 Å². The predicted molar refractivity (Wildman–Crippen MR) is 49.4 cm³/mol. The lowest BCUT2D eigenvalue weighted by molar-refractivity contribution is 0.0534. The summed E-state index contributed by atoms with van der Waals surface area (Å²) < 4.78 is 16.5. The number of carbonyl (C=O) groups excluding carboxylic acids is 1. The standard InChI is InChI=1S/C9H16FNO2/c1-9(2,3)13-8(12)11-7-5-4-6-10/h4-5H,6-7H2,1-3H3,(H,11,12). The van der Waals surface area contributed by atoms with E-state index in [0.717, 1.165) is 0 Å². The van der Waals surface area contributed by atoms with Crippen LogP contribution in [0.1, 0.15) is 20.8 Å². The van der Waals surface area contributed by atoms with Gasteiger partial charge in [-0.3, -0.25) is 0 Å². The monoisotopic (exact) mass is 189 g/mol. The minimum Gasteiger partial charge on any atom is -0.444 e. The second-order valence-electron chi connectivity index (χ2n) is 3.51. The summed E-state index contributed by atoms with van der Waals surface area (Å²) in [7, 11) is 0. The van der Waals surface area contributed by atoms with Crippen LogP contribution in [0.25, 0.3) is 0 Å². The van der Waals surface area contributed by atoms with Crippen LogP contribution in [0.2, 0.25) is 0 Å². The molecule has 0 aliphatic carbocycles. The Hall–Kier alpha value is -1.06. The zero-order valence-corrected chi connectivity index (χ0v) is 8.26. The van der Waals surface area contributed by atoms with Crippen LogP contribution in [0, 0.1) is 0 Å². The van der Waals surface area contributed by atoms with Crippen LogP contribution >= 0.6 is 0 Å². The average Bonchev–Trinajstić information content (AvgIpc) is 1.94. The predicted octanol–water partition coefficient (Wildman–Crippen LogP) is 2.04. The summed E-state index contributed by atoms with van der Waals surface area (Å²) in [6.07, 6.45) is 2.37. The van der Waals surface area contributed by atoms with Gasteiger partial charge in [0.25, 0.3) is 0 Å². The number of hydrogen-bond donors (Lipinski definition) is 1. The molecule has 0 radical (unpaired) electrons. The smallest absolute Gasteiger partial charge is 0.407 e. The van der Waals surface area contributed by atoms with Gasteiger partial charge in [0.1, 0.15) is 12.3 Å². The zero-order chi connectivity index (χ0) is 10.3. The van der Waals surface area contributed by atoms with E-state index >= 15 is 0 Å². The second kappa shape index (κ2) is 5.56. The largest absolute Gasteiger partial charge is 0.444 e. The molecule has 4 heteroatoms. The highest BCUT2D eigenvalue weighted by Gasteiger charge is 2.14. The number of alkyl carbamates (subject to hydrolysis) is 1. The van der Waals surface area contributed by atoms with Crippen LogP contribution in [-0.2, 0) is 4.74 Å². The first-order chi connectivity index (χ1) is 5.95. The highest BCUT2D eigenvalue weighted by molar-refractivity contribution is 5.67. The lowest BCUT2D eigenvalue weighted by Gasteiger charge is -2.19. The summed E-state index contributed by atoms with van der Waals surface area (Å²) in [6, 6.07) is 0. The zero-order valence-electron chi connectivity index (χ0n) is 8.26. The number of alkyl halides is 1. The molecule has 0 heterocycles. The average molecular weight is 189 g/mol. The van der Waals surface area contributed by atoms with Crippen molar-refractivity contribution < 1.29 is 13.9 Å². The molecule has 0 aromatic rings. The summed E-state index contributed by atoms with van der Waals surface area (Å²) in [5, 5.41) is 2.46. The molecule has 3 nitrogen and oxygen atoms in total. The van der Waals surface area contributed by atoms with Gasteiger partial charge in [0, 0.05) is 6.54 Å². The van der Waals surface area contributed by atoms with E-state index in [2.05, 4.69) is 5.32 Å². The van der Waals surface area contributed by atoms with Crippen molar-refractivity contribution in [1.29, 1.82) is 0 Å². The van der Waals surface area contributed by atoms with Gasteiger partial charge < -0.3 is 10.1 Å². The maximum absolute atomic E-state index is 11.6. The molecule has 0 saturated carbocycles. The molecule has 0 rings (SSSR count). The first kappa shape index (κ1) is 11.9. The maximum Gasteiger partial charge on any atom is 0.407 e. The van der Waals surface area contributed by atoms with Gasteiger partial charge in [0.05, 0.1) is 0 Å². The highest BCUT2D eigenvalue weighted by atomic mass is 19.1. The van der Waals surface area contributed by atoms with Gasteiger partial charge in [0.2, 0.25) is 0 Å². The molecule has 0 aliphatic rings. The Morgan fingerprint density at radius 1 is 1.46 bits per heavy atom. The van der Waals surface area contributed by atoms with E-state index in [0.29, 0.717) is 6.54 Å². The molecule has 0 bridgehead atoms. The molecule has 76 valence electrons. The van der Waals surface area contributed by atoms with Crippen molar-refractivity contribution in [2.24, 2.45) is 0 Å². The summed E-state index contributed by atoms with van der Waals surface area (Å²) in [6.45, 7) is 5.12. The maximum atomic E-state index is 11.6. The van der Waals surface area contributed by atoms with Crippen LogP contribution in [0.15, 0.2) is 12.2 Å². The number of allylic oxidation sites excluding steroid dienone is 1. The van der Waals surface area contributed by atoms with Crippen molar-refractivity contribution in [3.63, 3.8) is 0 Å². The second-order valence-corrected chi connectivity index (χ2v) is 3.51. The fourth-order valence-corrected chi connectivity index (χ4v) is 0.603. The summed E-state index contributed by atoms with van der Waals surface area (Å²) >= 11 is 0. The lowest BCUT2D eigenvalue weighted by Crippen LogP contribution is -2.32.